The van der Waals surface area contributed by atoms with Crippen LogP contribution in [0.25, 0.3) is 0 Å². The third-order valence-corrected chi connectivity index (χ3v) is 2.99. The van der Waals surface area contributed by atoms with E-state index < -0.39 is 22.6 Å². The summed E-state index contributed by atoms with van der Waals surface area (Å²) in [5, 5.41) is 24.1. The van der Waals surface area contributed by atoms with Crippen molar-refractivity contribution in [2.24, 2.45) is 7.05 Å². The number of rotatable bonds is 5. The largest absolute Gasteiger partial charge is 0.481 e. The summed E-state index contributed by atoms with van der Waals surface area (Å²) >= 11 is 0. The highest BCUT2D eigenvalue weighted by Crippen LogP contribution is 2.28. The third kappa shape index (κ3) is 3.22. The van der Waals surface area contributed by atoms with Gasteiger partial charge in [-0.05, 0) is 24.1 Å². The number of carbonyl (C=O) groups is 1. The highest BCUT2D eigenvalue weighted by atomic mass is 19.1. The van der Waals surface area contributed by atoms with E-state index in [1.165, 1.54) is 29.9 Å². The zero-order valence-electron chi connectivity index (χ0n) is 11.1. The van der Waals surface area contributed by atoms with E-state index in [9.17, 15) is 24.4 Å². The first-order chi connectivity index (χ1) is 9.88. The predicted octanol–water partition coefficient (Wildman–Crippen LogP) is 1.88. The summed E-state index contributed by atoms with van der Waals surface area (Å²) in [5.41, 5.74) is -0.0667. The Morgan fingerprint density at radius 2 is 2.29 bits per heavy atom. The lowest BCUT2D eigenvalue weighted by Gasteiger charge is -2.09. The van der Waals surface area contributed by atoms with Gasteiger partial charge in [-0.3, -0.25) is 19.6 Å². The molecule has 1 N–H and O–H groups in total. The van der Waals surface area contributed by atoms with Gasteiger partial charge in [-0.2, -0.15) is 5.10 Å². The van der Waals surface area contributed by atoms with Gasteiger partial charge in [0.2, 0.25) is 0 Å². The molecular formula is C13H12FN3O4. The number of benzene rings is 1. The quantitative estimate of drug-likeness (QED) is 0.670. The number of halogens is 1. The molecule has 2 aromatic rings. The summed E-state index contributed by atoms with van der Waals surface area (Å²) in [5.74, 6) is -2.96. The van der Waals surface area contributed by atoms with E-state index in [0.717, 1.165) is 6.20 Å². The molecular weight excluding hydrogens is 281 g/mol. The van der Waals surface area contributed by atoms with Crippen molar-refractivity contribution in [2.75, 3.05) is 0 Å². The number of hydrogen-bond donors (Lipinski definition) is 1. The zero-order valence-corrected chi connectivity index (χ0v) is 11.1. The summed E-state index contributed by atoms with van der Waals surface area (Å²) < 4.78 is 14.3. The molecule has 2 rings (SSSR count). The fourth-order valence-corrected chi connectivity index (χ4v) is 2.08. The van der Waals surface area contributed by atoms with E-state index in [-0.39, 0.29) is 17.8 Å². The van der Waals surface area contributed by atoms with Crippen molar-refractivity contribution >= 4 is 11.7 Å². The first-order valence-corrected chi connectivity index (χ1v) is 6.03. The molecule has 1 aromatic carbocycles. The van der Waals surface area contributed by atoms with Crippen LogP contribution in [-0.2, 0) is 18.3 Å². The summed E-state index contributed by atoms with van der Waals surface area (Å²) in [6, 6.07) is 5.46. The van der Waals surface area contributed by atoms with E-state index in [2.05, 4.69) is 5.10 Å². The summed E-state index contributed by atoms with van der Waals surface area (Å²) in [7, 11) is 1.47. The number of nitro groups is 1. The van der Waals surface area contributed by atoms with Gasteiger partial charge in [0.05, 0.1) is 4.92 Å². The molecule has 21 heavy (non-hydrogen) atoms. The minimum atomic E-state index is -1.25. The van der Waals surface area contributed by atoms with Crippen molar-refractivity contribution < 1.29 is 19.2 Å². The van der Waals surface area contributed by atoms with Crippen molar-refractivity contribution in [3.63, 3.8) is 0 Å². The molecule has 0 amide bonds. The summed E-state index contributed by atoms with van der Waals surface area (Å²) in [6.45, 7) is 0. The predicted molar refractivity (Wildman–Crippen MR) is 70.3 cm³/mol. The van der Waals surface area contributed by atoms with Crippen molar-refractivity contribution in [3.05, 3.63) is 57.7 Å². The summed E-state index contributed by atoms with van der Waals surface area (Å²) in [4.78, 5) is 21.7. The molecule has 0 spiro atoms. The monoisotopic (exact) mass is 293 g/mol. The van der Waals surface area contributed by atoms with Gasteiger partial charge in [-0.15, -0.1) is 0 Å². The van der Waals surface area contributed by atoms with E-state index in [1.54, 1.807) is 6.07 Å². The van der Waals surface area contributed by atoms with Gasteiger partial charge in [-0.25, -0.2) is 4.39 Å². The molecule has 1 atom stereocenters. The Kier molecular flexibility index (Phi) is 3.97. The lowest BCUT2D eigenvalue weighted by molar-refractivity contribution is -0.385. The molecule has 7 nitrogen and oxygen atoms in total. The highest BCUT2D eigenvalue weighted by molar-refractivity contribution is 5.77. The average molecular weight is 293 g/mol. The second-order valence-electron chi connectivity index (χ2n) is 4.56. The maximum atomic E-state index is 13.2. The fraction of sp³-hybridized carbons (Fsp3) is 0.231. The Morgan fingerprint density at radius 3 is 2.86 bits per heavy atom. The number of nitrogens with zero attached hydrogens (tertiary/aromatic N) is 3. The van der Waals surface area contributed by atoms with Gasteiger partial charge in [0, 0.05) is 7.05 Å². The lowest BCUT2D eigenvalue weighted by atomic mass is 9.95. The molecule has 1 unspecified atom stereocenters. The molecule has 0 bridgehead atoms. The van der Waals surface area contributed by atoms with Gasteiger partial charge in [-0.1, -0.05) is 12.1 Å². The molecule has 0 aliphatic rings. The van der Waals surface area contributed by atoms with Crippen LogP contribution in [-0.4, -0.2) is 25.8 Å². The van der Waals surface area contributed by atoms with Gasteiger partial charge in [0.15, 0.2) is 5.69 Å². The Labute approximate surface area is 118 Å². The molecule has 110 valence electrons. The van der Waals surface area contributed by atoms with E-state index >= 15 is 0 Å². The van der Waals surface area contributed by atoms with Crippen molar-refractivity contribution in [2.45, 2.75) is 12.3 Å². The number of hydrogen-bond acceptors (Lipinski definition) is 4. The maximum absolute atomic E-state index is 13.2. The number of aliphatic carboxylic acids is 1. The van der Waals surface area contributed by atoms with Gasteiger partial charge in [0.25, 0.3) is 0 Å². The van der Waals surface area contributed by atoms with Crippen molar-refractivity contribution in [1.29, 1.82) is 0 Å². The van der Waals surface area contributed by atoms with Crippen LogP contribution in [0.15, 0.2) is 30.5 Å². The molecule has 0 fully saturated rings. The minimum Gasteiger partial charge on any atom is -0.481 e. The molecule has 0 radical (unpaired) electrons. The topological polar surface area (TPSA) is 98.3 Å². The maximum Gasteiger partial charge on any atom is 0.313 e. The first kappa shape index (κ1) is 14.6. The van der Waals surface area contributed by atoms with Gasteiger partial charge >= 0.3 is 11.7 Å². The number of carboxylic acids is 1. The molecule has 1 aromatic heterocycles. The number of aromatic nitrogens is 2. The molecule has 0 aliphatic heterocycles. The normalized spacial score (nSPS) is 12.1. The van der Waals surface area contributed by atoms with Crippen LogP contribution < -0.4 is 0 Å². The van der Waals surface area contributed by atoms with E-state index in [1.807, 2.05) is 0 Å². The number of carboxylic acid groups (broad SMARTS) is 1. The second kappa shape index (κ2) is 5.70. The molecule has 0 saturated carbocycles. The van der Waals surface area contributed by atoms with Crippen molar-refractivity contribution in [1.82, 2.24) is 9.78 Å². The minimum absolute atomic E-state index is 0.0784. The Bertz CT molecular complexity index is 698. The van der Waals surface area contributed by atoms with E-state index in [4.69, 9.17) is 0 Å². The van der Waals surface area contributed by atoms with Gasteiger partial charge in [0.1, 0.15) is 17.9 Å². The Hall–Kier alpha value is -2.77. The fourth-order valence-electron chi connectivity index (χ4n) is 2.08. The van der Waals surface area contributed by atoms with Crippen LogP contribution in [0.3, 0.4) is 0 Å². The smallest absolute Gasteiger partial charge is 0.313 e. The third-order valence-electron chi connectivity index (χ3n) is 2.99. The van der Waals surface area contributed by atoms with Crippen LogP contribution in [0.4, 0.5) is 10.1 Å². The van der Waals surface area contributed by atoms with Crippen LogP contribution >= 0.6 is 0 Å². The zero-order chi connectivity index (χ0) is 15.6. The molecule has 0 saturated heterocycles. The van der Waals surface area contributed by atoms with Crippen LogP contribution in [0.1, 0.15) is 17.2 Å². The number of aryl methyl sites for hydroxylation is 1. The highest BCUT2D eigenvalue weighted by Gasteiger charge is 2.31. The second-order valence-corrected chi connectivity index (χ2v) is 4.56. The van der Waals surface area contributed by atoms with Crippen molar-refractivity contribution in [3.8, 4) is 0 Å². The van der Waals surface area contributed by atoms with Crippen LogP contribution in [0, 0.1) is 15.9 Å². The SMILES string of the molecule is Cn1cc([N+](=O)[O-])c(C(Cc2cccc(F)c2)C(=O)O)n1. The Balaban J connectivity index is 2.40. The standard InChI is InChI=1S/C13H12FN3O4/c1-16-7-11(17(20)21)12(15-16)10(13(18)19)6-8-3-2-4-9(14)5-8/h2-5,7,10H,6H2,1H3,(H,18,19). The molecule has 1 heterocycles. The van der Waals surface area contributed by atoms with Gasteiger partial charge < -0.3 is 5.11 Å². The summed E-state index contributed by atoms with van der Waals surface area (Å²) in [6.07, 6.45) is 1.07. The first-order valence-electron chi connectivity index (χ1n) is 6.03. The average Bonchev–Trinajstić information content (AvgIpc) is 2.77. The van der Waals surface area contributed by atoms with E-state index in [0.29, 0.717) is 5.56 Å². The molecule has 0 aliphatic carbocycles. The Morgan fingerprint density at radius 1 is 1.57 bits per heavy atom. The lowest BCUT2D eigenvalue weighted by Crippen LogP contribution is -2.16. The van der Waals surface area contributed by atoms with Crippen LogP contribution in [0.5, 0.6) is 0 Å². The molecule has 8 heteroatoms. The van der Waals surface area contributed by atoms with Crippen LogP contribution in [0.2, 0.25) is 0 Å².